The number of anilines is 1. The van der Waals surface area contributed by atoms with E-state index in [2.05, 4.69) is 50.6 Å². The number of fused-ring (bicyclic) bond motifs is 1. The Hall–Kier alpha value is -1.91. The Morgan fingerprint density at radius 1 is 1.28 bits per heavy atom. The summed E-state index contributed by atoms with van der Waals surface area (Å²) in [4.78, 5) is 6.73. The molecule has 0 atom stereocenters. The molecule has 0 aromatic carbocycles. The maximum atomic E-state index is 4.47. The fourth-order valence-electron chi connectivity index (χ4n) is 2.23. The van der Waals surface area contributed by atoms with E-state index in [1.807, 2.05) is 6.20 Å². The van der Waals surface area contributed by atoms with E-state index in [9.17, 15) is 0 Å². The van der Waals surface area contributed by atoms with Gasteiger partial charge in [0.1, 0.15) is 12.1 Å². The van der Waals surface area contributed by atoms with Crippen LogP contribution in [0.15, 0.2) is 24.7 Å². The first-order valence-electron chi connectivity index (χ1n) is 6.31. The summed E-state index contributed by atoms with van der Waals surface area (Å²) in [5.41, 5.74) is 1.33. The van der Waals surface area contributed by atoms with Gasteiger partial charge in [0.25, 0.3) is 0 Å². The van der Waals surface area contributed by atoms with Gasteiger partial charge in [-0.25, -0.2) is 4.98 Å². The van der Waals surface area contributed by atoms with Crippen LogP contribution in [0.4, 0.5) is 5.82 Å². The zero-order valence-corrected chi connectivity index (χ0v) is 10.7. The summed E-state index contributed by atoms with van der Waals surface area (Å²) in [6, 6.07) is 4.26. The van der Waals surface area contributed by atoms with Crippen molar-refractivity contribution in [3.05, 3.63) is 36.0 Å². The molecule has 2 aromatic heterocycles. The van der Waals surface area contributed by atoms with Crippen molar-refractivity contribution in [1.29, 1.82) is 0 Å². The molecule has 0 saturated heterocycles. The van der Waals surface area contributed by atoms with Crippen LogP contribution < -0.4 is 4.90 Å². The molecular weight excluding hydrogens is 226 g/mol. The van der Waals surface area contributed by atoms with Crippen molar-refractivity contribution >= 4 is 5.82 Å². The first-order valence-corrected chi connectivity index (χ1v) is 6.31. The molecule has 0 fully saturated rings. The molecule has 0 bridgehead atoms. The van der Waals surface area contributed by atoms with Crippen molar-refractivity contribution in [2.75, 3.05) is 11.4 Å². The average molecular weight is 243 g/mol. The molecule has 94 valence electrons. The predicted octanol–water partition coefficient (Wildman–Crippen LogP) is 1.82. The van der Waals surface area contributed by atoms with Crippen molar-refractivity contribution in [3.8, 4) is 0 Å². The van der Waals surface area contributed by atoms with Crippen molar-refractivity contribution in [3.63, 3.8) is 0 Å². The van der Waals surface area contributed by atoms with Crippen LogP contribution in [-0.2, 0) is 13.1 Å². The van der Waals surface area contributed by atoms with Crippen LogP contribution in [0.2, 0.25) is 0 Å². The molecule has 1 aliphatic heterocycles. The molecule has 18 heavy (non-hydrogen) atoms. The highest BCUT2D eigenvalue weighted by atomic mass is 15.3. The molecule has 0 aliphatic carbocycles. The number of aromatic nitrogens is 4. The Balaban J connectivity index is 1.86. The van der Waals surface area contributed by atoms with Crippen LogP contribution in [0.25, 0.3) is 0 Å². The molecule has 3 heterocycles. The van der Waals surface area contributed by atoms with Gasteiger partial charge < -0.3 is 9.47 Å². The van der Waals surface area contributed by atoms with E-state index in [1.54, 1.807) is 6.33 Å². The summed E-state index contributed by atoms with van der Waals surface area (Å²) < 4.78 is 2.10. The summed E-state index contributed by atoms with van der Waals surface area (Å²) in [7, 11) is 0. The molecule has 5 nitrogen and oxygen atoms in total. The Labute approximate surface area is 106 Å². The molecule has 1 aliphatic rings. The van der Waals surface area contributed by atoms with Crippen molar-refractivity contribution < 1.29 is 0 Å². The second kappa shape index (κ2) is 4.40. The third kappa shape index (κ3) is 1.96. The SMILES string of the molecule is CC(C)c1ccnc(N2CCn3cnnc3C2)c1. The highest BCUT2D eigenvalue weighted by molar-refractivity contribution is 5.42. The highest BCUT2D eigenvalue weighted by Gasteiger charge is 2.18. The molecule has 0 amide bonds. The van der Waals surface area contributed by atoms with Gasteiger partial charge in [0.05, 0.1) is 6.54 Å². The van der Waals surface area contributed by atoms with Crippen LogP contribution >= 0.6 is 0 Å². The van der Waals surface area contributed by atoms with Crippen molar-refractivity contribution in [1.82, 2.24) is 19.7 Å². The Bertz CT molecular complexity index is 546. The molecule has 0 saturated carbocycles. The van der Waals surface area contributed by atoms with E-state index in [4.69, 9.17) is 0 Å². The van der Waals surface area contributed by atoms with Crippen LogP contribution in [0.3, 0.4) is 0 Å². The fraction of sp³-hybridized carbons (Fsp3) is 0.462. The predicted molar refractivity (Wildman–Crippen MR) is 69.4 cm³/mol. The summed E-state index contributed by atoms with van der Waals surface area (Å²) in [6.45, 7) is 7.07. The van der Waals surface area contributed by atoms with Crippen molar-refractivity contribution in [2.45, 2.75) is 32.9 Å². The average Bonchev–Trinajstić information content (AvgIpc) is 2.86. The molecule has 0 radical (unpaired) electrons. The first kappa shape index (κ1) is 11.2. The Morgan fingerprint density at radius 3 is 3.00 bits per heavy atom. The van der Waals surface area contributed by atoms with E-state index < -0.39 is 0 Å². The number of hydrogen-bond donors (Lipinski definition) is 0. The zero-order valence-electron chi connectivity index (χ0n) is 10.7. The highest BCUT2D eigenvalue weighted by Crippen LogP contribution is 2.22. The van der Waals surface area contributed by atoms with Gasteiger partial charge in [0.15, 0.2) is 5.82 Å². The smallest absolute Gasteiger partial charge is 0.152 e. The molecule has 0 N–H and O–H groups in total. The maximum Gasteiger partial charge on any atom is 0.152 e. The molecule has 5 heteroatoms. The number of pyridine rings is 1. The van der Waals surface area contributed by atoms with E-state index in [-0.39, 0.29) is 0 Å². The van der Waals surface area contributed by atoms with E-state index in [1.165, 1.54) is 5.56 Å². The van der Waals surface area contributed by atoms with Gasteiger partial charge in [0, 0.05) is 19.3 Å². The lowest BCUT2D eigenvalue weighted by molar-refractivity contribution is 0.556. The van der Waals surface area contributed by atoms with Crippen LogP contribution in [0.1, 0.15) is 31.2 Å². The third-order valence-corrected chi connectivity index (χ3v) is 3.40. The van der Waals surface area contributed by atoms with Crippen LogP contribution in [-0.4, -0.2) is 26.3 Å². The van der Waals surface area contributed by atoms with Crippen LogP contribution in [0.5, 0.6) is 0 Å². The maximum absolute atomic E-state index is 4.47. The minimum absolute atomic E-state index is 0.528. The number of rotatable bonds is 2. The van der Waals surface area contributed by atoms with Crippen molar-refractivity contribution in [2.24, 2.45) is 0 Å². The number of nitrogens with zero attached hydrogens (tertiary/aromatic N) is 5. The summed E-state index contributed by atoms with van der Waals surface area (Å²) in [5, 5.41) is 8.08. The van der Waals surface area contributed by atoms with Gasteiger partial charge in [-0.15, -0.1) is 10.2 Å². The first-order chi connectivity index (χ1) is 8.74. The quantitative estimate of drug-likeness (QED) is 0.807. The largest absolute Gasteiger partial charge is 0.347 e. The van der Waals surface area contributed by atoms with Gasteiger partial charge in [-0.05, 0) is 23.6 Å². The monoisotopic (exact) mass is 243 g/mol. The summed E-state index contributed by atoms with van der Waals surface area (Å²) in [5.74, 6) is 2.58. The summed E-state index contributed by atoms with van der Waals surface area (Å²) in [6.07, 6.45) is 3.69. The second-order valence-electron chi connectivity index (χ2n) is 4.96. The van der Waals surface area contributed by atoms with Gasteiger partial charge in [-0.3, -0.25) is 0 Å². The fourth-order valence-corrected chi connectivity index (χ4v) is 2.23. The molecule has 0 unspecified atom stereocenters. The third-order valence-electron chi connectivity index (χ3n) is 3.40. The minimum atomic E-state index is 0.528. The molecule has 3 rings (SSSR count). The van der Waals surface area contributed by atoms with E-state index >= 15 is 0 Å². The number of hydrogen-bond acceptors (Lipinski definition) is 4. The lowest BCUT2D eigenvalue weighted by Gasteiger charge is -2.28. The van der Waals surface area contributed by atoms with E-state index in [0.29, 0.717) is 5.92 Å². The lowest BCUT2D eigenvalue weighted by atomic mass is 10.1. The van der Waals surface area contributed by atoms with Gasteiger partial charge in [-0.2, -0.15) is 0 Å². The minimum Gasteiger partial charge on any atom is -0.347 e. The molecule has 0 spiro atoms. The van der Waals surface area contributed by atoms with E-state index in [0.717, 1.165) is 31.3 Å². The van der Waals surface area contributed by atoms with Crippen LogP contribution in [0, 0.1) is 0 Å². The standard InChI is InChI=1S/C13H17N5/c1-10(2)11-3-4-14-12(7-11)17-5-6-18-9-15-16-13(18)8-17/h3-4,7,9-10H,5-6,8H2,1-2H3. The van der Waals surface area contributed by atoms with Gasteiger partial charge >= 0.3 is 0 Å². The van der Waals surface area contributed by atoms with Gasteiger partial charge in [0.2, 0.25) is 0 Å². The van der Waals surface area contributed by atoms with Gasteiger partial charge in [-0.1, -0.05) is 13.8 Å². The topological polar surface area (TPSA) is 46.8 Å². The second-order valence-corrected chi connectivity index (χ2v) is 4.96. The normalized spacial score (nSPS) is 14.9. The summed E-state index contributed by atoms with van der Waals surface area (Å²) >= 11 is 0. The molecular formula is C13H17N5. The lowest BCUT2D eigenvalue weighted by Crippen LogP contribution is -2.34. The Kier molecular flexibility index (Phi) is 2.74. The molecule has 2 aromatic rings. The zero-order chi connectivity index (χ0) is 12.5. The Morgan fingerprint density at radius 2 is 2.17 bits per heavy atom.